The van der Waals surface area contributed by atoms with Gasteiger partial charge in [0.05, 0.1) is 0 Å². The van der Waals surface area contributed by atoms with Gasteiger partial charge in [-0.3, -0.25) is 4.79 Å². The van der Waals surface area contributed by atoms with Crippen LogP contribution in [-0.4, -0.2) is 17.1 Å². The summed E-state index contributed by atoms with van der Waals surface area (Å²) < 4.78 is 0. The van der Waals surface area contributed by atoms with Gasteiger partial charge in [0.1, 0.15) is 6.04 Å². The first-order valence-corrected chi connectivity index (χ1v) is 10.6. The van der Waals surface area contributed by atoms with Gasteiger partial charge in [0.15, 0.2) is 0 Å². The maximum Gasteiger partial charge on any atom is 0.320 e. The number of hydrogen-bond donors (Lipinski definition) is 2. The molecule has 1 atom stereocenters. The minimum atomic E-state index is -0.959. The summed E-state index contributed by atoms with van der Waals surface area (Å²) in [7, 11) is 0. The molecule has 8 bridgehead atoms. The van der Waals surface area contributed by atoms with Crippen LogP contribution >= 0.6 is 0 Å². The fourth-order valence-electron chi connectivity index (χ4n) is 7.84. The Labute approximate surface area is 156 Å². The van der Waals surface area contributed by atoms with Crippen LogP contribution in [0.5, 0.6) is 0 Å². The molecule has 26 heavy (non-hydrogen) atoms. The lowest BCUT2D eigenvalue weighted by Gasteiger charge is -2.69. The lowest BCUT2D eigenvalue weighted by Crippen LogP contribution is -2.62. The van der Waals surface area contributed by atoms with E-state index in [4.69, 9.17) is 10.8 Å². The highest BCUT2D eigenvalue weighted by molar-refractivity contribution is 5.73. The summed E-state index contributed by atoms with van der Waals surface area (Å²) in [6.45, 7) is 0. The Hall–Kier alpha value is -1.35. The van der Waals surface area contributed by atoms with E-state index in [1.807, 2.05) is 30.3 Å². The van der Waals surface area contributed by atoms with Gasteiger partial charge in [-0.2, -0.15) is 0 Å². The molecule has 0 radical (unpaired) electrons. The van der Waals surface area contributed by atoms with E-state index in [9.17, 15) is 4.79 Å². The second-order valence-electron chi connectivity index (χ2n) is 9.76. The van der Waals surface area contributed by atoms with Crippen LogP contribution in [0.1, 0.15) is 44.1 Å². The molecule has 8 rings (SSSR count). The van der Waals surface area contributed by atoms with Crippen LogP contribution in [0, 0.1) is 47.3 Å². The monoisotopic (exact) mass is 353 g/mol. The van der Waals surface area contributed by atoms with Gasteiger partial charge in [0, 0.05) is 0 Å². The Morgan fingerprint density at radius 3 is 1.58 bits per heavy atom. The van der Waals surface area contributed by atoms with Crippen molar-refractivity contribution in [2.24, 2.45) is 53.1 Å². The van der Waals surface area contributed by atoms with Crippen molar-refractivity contribution in [3.05, 3.63) is 35.9 Å². The van der Waals surface area contributed by atoms with Gasteiger partial charge in [-0.15, -0.1) is 0 Å². The van der Waals surface area contributed by atoms with E-state index in [-0.39, 0.29) is 0 Å². The van der Waals surface area contributed by atoms with Gasteiger partial charge < -0.3 is 10.8 Å². The van der Waals surface area contributed by atoms with Gasteiger partial charge in [0.2, 0.25) is 0 Å². The Morgan fingerprint density at radius 1 is 0.846 bits per heavy atom. The van der Waals surface area contributed by atoms with Crippen LogP contribution in [0.15, 0.2) is 30.3 Å². The van der Waals surface area contributed by atoms with Gasteiger partial charge in [-0.1, -0.05) is 30.3 Å². The molecule has 7 aliphatic rings. The topological polar surface area (TPSA) is 63.3 Å². The zero-order chi connectivity index (χ0) is 17.8. The lowest BCUT2D eigenvalue weighted by molar-refractivity contribution is -0.202. The van der Waals surface area contributed by atoms with E-state index in [1.54, 1.807) is 38.5 Å². The molecule has 0 aliphatic heterocycles. The fourth-order valence-corrected chi connectivity index (χ4v) is 7.84. The van der Waals surface area contributed by atoms with E-state index in [0.717, 1.165) is 5.56 Å². The molecule has 0 heterocycles. The van der Waals surface area contributed by atoms with Crippen molar-refractivity contribution in [2.45, 2.75) is 51.0 Å². The molecule has 3 nitrogen and oxygen atoms in total. The minimum absolute atomic E-state index is 0.385. The molecule has 7 aliphatic carbocycles. The number of hydrogen-bond acceptors (Lipinski definition) is 2. The third kappa shape index (κ3) is 2.70. The van der Waals surface area contributed by atoms with Crippen molar-refractivity contribution >= 4 is 5.97 Å². The van der Waals surface area contributed by atoms with E-state index in [0.29, 0.717) is 6.42 Å². The van der Waals surface area contributed by atoms with E-state index in [1.165, 1.54) is 47.3 Å². The summed E-state index contributed by atoms with van der Waals surface area (Å²) in [6, 6.07) is 8.54. The fraction of sp³-hybridized carbons (Fsp3) is 0.696. The lowest BCUT2D eigenvalue weighted by atomic mass is 9.36. The molecule has 0 unspecified atom stereocenters. The average Bonchev–Trinajstić information content (AvgIpc) is 2.66. The third-order valence-corrected chi connectivity index (χ3v) is 8.55. The number of carbonyl (C=O) groups is 1. The highest BCUT2D eigenvalue weighted by atomic mass is 16.4. The van der Waals surface area contributed by atoms with Crippen molar-refractivity contribution in [1.29, 1.82) is 0 Å². The van der Waals surface area contributed by atoms with E-state index >= 15 is 0 Å². The van der Waals surface area contributed by atoms with Gasteiger partial charge >= 0.3 is 5.97 Å². The summed E-state index contributed by atoms with van der Waals surface area (Å²) >= 11 is 0. The highest BCUT2D eigenvalue weighted by Crippen LogP contribution is 2.71. The van der Waals surface area contributed by atoms with Crippen LogP contribution in [0.3, 0.4) is 0 Å². The predicted octanol–water partition coefficient (Wildman–Crippen LogP) is 3.97. The molecule has 1 aromatic rings. The molecule has 7 fully saturated rings. The SMILES string of the molecule is C1C2CC3C4CC5CC(C14)C(C2)C3C5.N[C@@H](Cc1ccccc1)C(=O)O. The summed E-state index contributed by atoms with van der Waals surface area (Å²) in [4.78, 5) is 10.4. The van der Waals surface area contributed by atoms with Crippen molar-refractivity contribution in [1.82, 2.24) is 0 Å². The first-order valence-electron chi connectivity index (χ1n) is 10.6. The van der Waals surface area contributed by atoms with Crippen LogP contribution < -0.4 is 5.73 Å². The summed E-state index contributed by atoms with van der Waals surface area (Å²) in [5.41, 5.74) is 6.30. The van der Waals surface area contributed by atoms with Crippen molar-refractivity contribution in [3.8, 4) is 0 Å². The summed E-state index contributed by atoms with van der Waals surface area (Å²) in [5, 5.41) is 8.52. The molecule has 0 spiro atoms. The largest absolute Gasteiger partial charge is 0.480 e. The normalized spacial score (nSPS) is 44.5. The Morgan fingerprint density at radius 2 is 1.23 bits per heavy atom. The number of carboxylic acids is 1. The number of nitrogens with two attached hydrogens (primary N) is 1. The van der Waals surface area contributed by atoms with Crippen LogP contribution in [0.25, 0.3) is 0 Å². The van der Waals surface area contributed by atoms with E-state index in [2.05, 4.69) is 0 Å². The molecule has 7 saturated carbocycles. The molecule has 1 aromatic carbocycles. The first kappa shape index (κ1) is 16.8. The average molecular weight is 354 g/mol. The quantitative estimate of drug-likeness (QED) is 0.864. The molecule has 3 N–H and O–H groups in total. The minimum Gasteiger partial charge on any atom is -0.480 e. The van der Waals surface area contributed by atoms with Crippen molar-refractivity contribution in [2.75, 3.05) is 0 Å². The number of aliphatic carboxylic acids is 1. The number of rotatable bonds is 3. The molecule has 0 amide bonds. The molecule has 3 heteroatoms. The maximum absolute atomic E-state index is 10.4. The summed E-state index contributed by atoms with van der Waals surface area (Å²) in [5.74, 6) is 8.78. The Balaban J connectivity index is 0.000000118. The smallest absolute Gasteiger partial charge is 0.320 e. The van der Waals surface area contributed by atoms with Gasteiger partial charge in [-0.25, -0.2) is 0 Å². The Bertz CT molecular complexity index is 584. The van der Waals surface area contributed by atoms with Gasteiger partial charge in [-0.05, 0) is 97.9 Å². The molecule has 0 saturated heterocycles. The number of benzene rings is 1. The highest BCUT2D eigenvalue weighted by Gasteiger charge is 2.63. The van der Waals surface area contributed by atoms with Crippen LogP contribution in [-0.2, 0) is 11.2 Å². The number of carboxylic acid groups (broad SMARTS) is 1. The first-order chi connectivity index (χ1) is 12.6. The second-order valence-corrected chi connectivity index (χ2v) is 9.76. The molecular formula is C23H31NO2. The molecular weight excluding hydrogens is 322 g/mol. The maximum atomic E-state index is 10.4. The third-order valence-electron chi connectivity index (χ3n) is 8.55. The van der Waals surface area contributed by atoms with Gasteiger partial charge in [0.25, 0.3) is 0 Å². The van der Waals surface area contributed by atoms with E-state index < -0.39 is 12.0 Å². The van der Waals surface area contributed by atoms with Crippen molar-refractivity contribution < 1.29 is 9.90 Å². The zero-order valence-electron chi connectivity index (χ0n) is 15.5. The molecule has 140 valence electrons. The standard InChI is InChI=1S/C14H20.C9H11NO2/c1-7-2-12-10-4-8-5-11(9(1)10)13(3-7)14(12)6-8;10-8(9(11)12)6-7-4-2-1-3-5-7/h7-14H,1-6H2;1-5,8H,6,10H2,(H,11,12)/t;8-/m.0/s1. The second kappa shape index (κ2) is 6.37. The van der Waals surface area contributed by atoms with Crippen LogP contribution in [0.4, 0.5) is 0 Å². The zero-order valence-corrected chi connectivity index (χ0v) is 15.5. The van der Waals surface area contributed by atoms with Crippen LogP contribution in [0.2, 0.25) is 0 Å². The molecule has 0 aromatic heterocycles. The Kier molecular flexibility index (Phi) is 4.11. The predicted molar refractivity (Wildman–Crippen MR) is 101 cm³/mol. The van der Waals surface area contributed by atoms with Crippen molar-refractivity contribution in [3.63, 3.8) is 0 Å². The summed E-state index contributed by atoms with van der Waals surface area (Å²) in [6.07, 6.45) is 10.3.